The van der Waals surface area contributed by atoms with E-state index in [-0.39, 0.29) is 36.4 Å². The number of benzene rings is 3. The van der Waals surface area contributed by atoms with Gasteiger partial charge < -0.3 is 15.5 Å². The molecule has 13 heteroatoms. The van der Waals surface area contributed by atoms with Gasteiger partial charge in [-0.3, -0.25) is 14.5 Å². The van der Waals surface area contributed by atoms with Crippen molar-refractivity contribution in [3.05, 3.63) is 89.5 Å². The van der Waals surface area contributed by atoms with Crippen LogP contribution in [0.1, 0.15) is 42.4 Å². The molecular weight excluding hydrogens is 619 g/mol. The Hall–Kier alpha value is -4.20. The number of hydrogen-bond acceptors (Lipinski definition) is 6. The van der Waals surface area contributed by atoms with Crippen LogP contribution in [-0.2, 0) is 26.2 Å². The zero-order valence-corrected chi connectivity index (χ0v) is 25.8. The zero-order chi connectivity index (χ0) is 32.5. The lowest BCUT2D eigenvalue weighted by Crippen LogP contribution is -2.49. The second-order valence-corrected chi connectivity index (χ2v) is 13.5. The number of halogens is 3. The number of anilines is 2. The molecule has 3 aliphatic heterocycles. The molecule has 0 saturated carbocycles. The molecule has 6 rings (SSSR count). The third-order valence-electron chi connectivity index (χ3n) is 8.53. The number of carbonyl (C=O) groups is 2. The monoisotopic (exact) mass is 653 g/mol. The van der Waals surface area contributed by atoms with Crippen LogP contribution in [0.2, 0.25) is 0 Å². The number of sulfonamides is 1. The molecule has 3 N–H and O–H groups in total. The summed E-state index contributed by atoms with van der Waals surface area (Å²) in [5.74, 6) is -2.32. The predicted molar refractivity (Wildman–Crippen MR) is 169 cm³/mol. The number of carbonyl (C=O) groups excluding carboxylic acids is 2. The molecule has 0 radical (unpaired) electrons. The standard InChI is InChI=1S/C33H34F3N5O4S/c34-33(35,36)32(43)41-18-14-25(15-19-41)39-46(44,45)26-12-13-28-27(20-26)29(31(42)38-28)30(23-6-2-1-3-7-23)37-24-10-8-22(9-11-24)21-40-16-4-5-17-40/h1-3,6-13,20,25,37,39H,4-5,14-19,21H2,(H,38,42)/b30-29-. The minimum Gasteiger partial charge on any atom is -0.354 e. The number of alkyl halides is 3. The molecule has 0 aliphatic carbocycles. The smallest absolute Gasteiger partial charge is 0.354 e. The number of likely N-dealkylation sites (tertiary alicyclic amines) is 2. The van der Waals surface area contributed by atoms with Gasteiger partial charge in [0.05, 0.1) is 16.2 Å². The van der Waals surface area contributed by atoms with Crippen molar-refractivity contribution in [2.45, 2.75) is 49.3 Å². The first-order chi connectivity index (χ1) is 22.0. The maximum absolute atomic E-state index is 13.4. The first-order valence-corrected chi connectivity index (χ1v) is 16.7. The highest BCUT2D eigenvalue weighted by Crippen LogP contribution is 2.39. The molecular formula is C33H34F3N5O4S. The molecule has 3 aliphatic rings. The normalized spacial score (nSPS) is 18.8. The van der Waals surface area contributed by atoms with Gasteiger partial charge in [-0.15, -0.1) is 0 Å². The molecule has 2 fully saturated rings. The molecule has 2 amide bonds. The topological polar surface area (TPSA) is 111 Å². The van der Waals surface area contributed by atoms with Crippen molar-refractivity contribution < 1.29 is 31.2 Å². The Morgan fingerprint density at radius 1 is 0.913 bits per heavy atom. The molecule has 242 valence electrons. The summed E-state index contributed by atoms with van der Waals surface area (Å²) in [5, 5.41) is 6.24. The Labute approximate surface area is 265 Å². The van der Waals surface area contributed by atoms with Crippen LogP contribution in [0.25, 0.3) is 11.3 Å². The van der Waals surface area contributed by atoms with E-state index < -0.39 is 34.1 Å². The molecule has 0 unspecified atom stereocenters. The van der Waals surface area contributed by atoms with Crippen molar-refractivity contribution in [2.24, 2.45) is 0 Å². The zero-order valence-electron chi connectivity index (χ0n) is 24.9. The van der Waals surface area contributed by atoms with E-state index in [0.717, 1.165) is 30.9 Å². The largest absolute Gasteiger partial charge is 0.471 e. The van der Waals surface area contributed by atoms with Crippen molar-refractivity contribution in [1.82, 2.24) is 14.5 Å². The van der Waals surface area contributed by atoms with Crippen molar-refractivity contribution in [3.63, 3.8) is 0 Å². The van der Waals surface area contributed by atoms with E-state index in [4.69, 9.17) is 0 Å². The molecule has 0 aromatic heterocycles. The Balaban J connectivity index is 1.26. The van der Waals surface area contributed by atoms with Crippen molar-refractivity contribution in [2.75, 3.05) is 36.8 Å². The molecule has 9 nitrogen and oxygen atoms in total. The number of piperidine rings is 1. The number of nitrogens with zero attached hydrogens (tertiary/aromatic N) is 2. The second-order valence-electron chi connectivity index (χ2n) is 11.8. The van der Waals surface area contributed by atoms with Gasteiger partial charge in [-0.25, -0.2) is 13.1 Å². The SMILES string of the molecule is O=C1Nc2ccc(S(=O)(=O)NC3CCN(C(=O)C(F)(F)F)CC3)cc2/C1=C(/Nc1ccc(CN2CCCC2)cc1)c1ccccc1. The summed E-state index contributed by atoms with van der Waals surface area (Å²) in [5.41, 5.74) is 4.31. The van der Waals surface area contributed by atoms with E-state index in [0.29, 0.717) is 21.8 Å². The van der Waals surface area contributed by atoms with Crippen LogP contribution in [-0.4, -0.2) is 68.4 Å². The van der Waals surface area contributed by atoms with Crippen LogP contribution < -0.4 is 15.4 Å². The van der Waals surface area contributed by atoms with Crippen LogP contribution in [0.5, 0.6) is 0 Å². The summed E-state index contributed by atoms with van der Waals surface area (Å²) in [6.07, 6.45) is -2.48. The lowest BCUT2D eigenvalue weighted by molar-refractivity contribution is -0.186. The number of fused-ring (bicyclic) bond motifs is 1. The van der Waals surface area contributed by atoms with Crippen LogP contribution in [0.15, 0.2) is 77.7 Å². The van der Waals surface area contributed by atoms with Gasteiger partial charge in [0.1, 0.15) is 0 Å². The first-order valence-electron chi connectivity index (χ1n) is 15.2. The maximum atomic E-state index is 13.4. The lowest BCUT2D eigenvalue weighted by atomic mass is 10.00. The summed E-state index contributed by atoms with van der Waals surface area (Å²) in [4.78, 5) is 28.0. The average molecular weight is 654 g/mol. The van der Waals surface area contributed by atoms with E-state index >= 15 is 0 Å². The van der Waals surface area contributed by atoms with Gasteiger partial charge in [0.15, 0.2) is 0 Å². The van der Waals surface area contributed by atoms with Crippen LogP contribution in [0, 0.1) is 0 Å². The predicted octanol–water partition coefficient (Wildman–Crippen LogP) is 5.05. The van der Waals surface area contributed by atoms with Crippen LogP contribution >= 0.6 is 0 Å². The van der Waals surface area contributed by atoms with Gasteiger partial charge in [-0.1, -0.05) is 42.5 Å². The second kappa shape index (κ2) is 12.9. The van der Waals surface area contributed by atoms with Gasteiger partial charge in [-0.05, 0) is 80.2 Å². The molecule has 3 aromatic rings. The Morgan fingerprint density at radius 3 is 2.24 bits per heavy atom. The molecule has 0 bridgehead atoms. The minimum atomic E-state index is -4.97. The fourth-order valence-electron chi connectivity index (χ4n) is 6.15. The molecule has 3 heterocycles. The summed E-state index contributed by atoms with van der Waals surface area (Å²) < 4.78 is 67.9. The summed E-state index contributed by atoms with van der Waals surface area (Å²) in [7, 11) is -4.11. The van der Waals surface area contributed by atoms with E-state index in [2.05, 4.69) is 32.4 Å². The summed E-state index contributed by atoms with van der Waals surface area (Å²) >= 11 is 0. The number of hydrogen-bond donors (Lipinski definition) is 3. The van der Waals surface area contributed by atoms with E-state index in [1.54, 1.807) is 0 Å². The molecule has 0 spiro atoms. The van der Waals surface area contributed by atoms with Crippen LogP contribution in [0.4, 0.5) is 24.5 Å². The minimum absolute atomic E-state index is 0.0378. The average Bonchev–Trinajstić information content (AvgIpc) is 3.67. The highest BCUT2D eigenvalue weighted by molar-refractivity contribution is 7.89. The Kier molecular flexibility index (Phi) is 8.90. The first kappa shape index (κ1) is 31.8. The lowest BCUT2D eigenvalue weighted by Gasteiger charge is -2.32. The number of nitrogens with one attached hydrogen (secondary N) is 3. The van der Waals surface area contributed by atoms with Gasteiger partial charge in [0.25, 0.3) is 5.91 Å². The summed E-state index contributed by atoms with van der Waals surface area (Å²) in [6.45, 7) is 2.62. The highest BCUT2D eigenvalue weighted by Gasteiger charge is 2.43. The third-order valence-corrected chi connectivity index (χ3v) is 10.1. The number of amides is 2. The Bertz CT molecular complexity index is 1750. The van der Waals surface area contributed by atoms with Crippen molar-refractivity contribution in [1.29, 1.82) is 0 Å². The fourth-order valence-corrected chi connectivity index (χ4v) is 7.48. The van der Waals surface area contributed by atoms with E-state index in [1.807, 2.05) is 42.5 Å². The molecule has 2 saturated heterocycles. The van der Waals surface area contributed by atoms with Gasteiger partial charge in [0.2, 0.25) is 10.0 Å². The van der Waals surface area contributed by atoms with Gasteiger partial charge in [0, 0.05) is 42.6 Å². The highest BCUT2D eigenvalue weighted by atomic mass is 32.2. The number of rotatable bonds is 8. The van der Waals surface area contributed by atoms with E-state index in [9.17, 15) is 31.2 Å². The fraction of sp³-hybridized carbons (Fsp3) is 0.333. The molecule has 3 aromatic carbocycles. The quantitative estimate of drug-likeness (QED) is 0.294. The van der Waals surface area contributed by atoms with E-state index in [1.165, 1.54) is 36.6 Å². The molecule has 0 atom stereocenters. The van der Waals surface area contributed by atoms with Crippen molar-refractivity contribution >= 4 is 44.5 Å². The van der Waals surface area contributed by atoms with Crippen LogP contribution in [0.3, 0.4) is 0 Å². The Morgan fingerprint density at radius 2 is 1.59 bits per heavy atom. The van der Waals surface area contributed by atoms with Gasteiger partial charge >= 0.3 is 12.1 Å². The maximum Gasteiger partial charge on any atom is 0.471 e. The van der Waals surface area contributed by atoms with Gasteiger partial charge in [-0.2, -0.15) is 13.2 Å². The third kappa shape index (κ3) is 6.96. The summed E-state index contributed by atoms with van der Waals surface area (Å²) in [6, 6.07) is 21.0. The molecule has 46 heavy (non-hydrogen) atoms. The van der Waals surface area contributed by atoms with Crippen molar-refractivity contribution in [3.8, 4) is 0 Å².